The molecule has 0 heterocycles. The molecule has 0 radical (unpaired) electrons. The normalized spacial score (nSPS) is 10.5. The number of hydrogen-bond acceptors (Lipinski definition) is 4. The molecule has 3 aromatic rings. The van der Waals surface area contributed by atoms with Gasteiger partial charge in [0.2, 0.25) is 0 Å². The second-order valence-electron chi connectivity index (χ2n) is 7.87. The summed E-state index contributed by atoms with van der Waals surface area (Å²) in [6.07, 6.45) is 0.845. The molecule has 3 rings (SSSR count). The standard InChI is InChI=1S/C26H27BrN2O3S/c1-18(2)17-32-24-13-8-20(16-23(24)27)25(30)29-26(33)28-21-9-11-22(12-10-21)31-15-14-19-6-4-3-5-7-19/h3-13,16,18H,14-15,17H2,1-2H3,(H2,28,29,30,33). The number of ether oxygens (including phenoxy) is 2. The van der Waals surface area contributed by atoms with Crippen LogP contribution >= 0.6 is 28.1 Å². The van der Waals surface area contributed by atoms with E-state index in [4.69, 9.17) is 21.7 Å². The van der Waals surface area contributed by atoms with Crippen LogP contribution in [0.5, 0.6) is 11.5 Å². The summed E-state index contributed by atoms with van der Waals surface area (Å²) < 4.78 is 12.2. The van der Waals surface area contributed by atoms with Gasteiger partial charge in [0.1, 0.15) is 11.5 Å². The van der Waals surface area contributed by atoms with Gasteiger partial charge in [-0.1, -0.05) is 44.2 Å². The van der Waals surface area contributed by atoms with E-state index in [9.17, 15) is 4.79 Å². The summed E-state index contributed by atoms with van der Waals surface area (Å²) >= 11 is 8.75. The summed E-state index contributed by atoms with van der Waals surface area (Å²) in [5.74, 6) is 1.59. The minimum Gasteiger partial charge on any atom is -0.493 e. The van der Waals surface area contributed by atoms with Crippen LogP contribution in [-0.2, 0) is 6.42 Å². The number of hydrogen-bond donors (Lipinski definition) is 2. The van der Waals surface area contributed by atoms with E-state index in [2.05, 4.69) is 52.5 Å². The molecule has 0 saturated heterocycles. The van der Waals surface area contributed by atoms with E-state index in [1.54, 1.807) is 18.2 Å². The molecule has 0 spiro atoms. The van der Waals surface area contributed by atoms with E-state index in [-0.39, 0.29) is 11.0 Å². The molecular formula is C26H27BrN2O3S. The van der Waals surface area contributed by atoms with Gasteiger partial charge in [-0.05, 0) is 82.1 Å². The van der Waals surface area contributed by atoms with Crippen LogP contribution in [-0.4, -0.2) is 24.2 Å². The van der Waals surface area contributed by atoms with Crippen LogP contribution in [0.3, 0.4) is 0 Å². The average Bonchev–Trinajstić information content (AvgIpc) is 2.80. The molecule has 0 fully saturated rings. The second-order valence-corrected chi connectivity index (χ2v) is 9.13. The van der Waals surface area contributed by atoms with Crippen LogP contribution in [0.15, 0.2) is 77.3 Å². The fraction of sp³-hybridized carbons (Fsp3) is 0.231. The molecule has 33 heavy (non-hydrogen) atoms. The van der Waals surface area contributed by atoms with Crippen LogP contribution in [0.2, 0.25) is 0 Å². The maximum atomic E-state index is 12.5. The second kappa shape index (κ2) is 12.4. The Morgan fingerprint density at radius 3 is 2.39 bits per heavy atom. The highest BCUT2D eigenvalue weighted by atomic mass is 79.9. The molecule has 0 unspecified atom stereocenters. The van der Waals surface area contributed by atoms with Crippen LogP contribution < -0.4 is 20.1 Å². The van der Waals surface area contributed by atoms with Crippen molar-refractivity contribution in [2.45, 2.75) is 20.3 Å². The van der Waals surface area contributed by atoms with Gasteiger partial charge in [-0.15, -0.1) is 0 Å². The van der Waals surface area contributed by atoms with Crippen molar-refractivity contribution in [3.63, 3.8) is 0 Å². The van der Waals surface area contributed by atoms with Gasteiger partial charge in [-0.2, -0.15) is 0 Å². The van der Waals surface area contributed by atoms with Crippen molar-refractivity contribution in [2.24, 2.45) is 5.92 Å². The number of benzene rings is 3. The maximum absolute atomic E-state index is 12.5. The van der Waals surface area contributed by atoms with Gasteiger partial charge in [-0.3, -0.25) is 10.1 Å². The molecule has 0 atom stereocenters. The lowest BCUT2D eigenvalue weighted by molar-refractivity contribution is 0.0977. The molecular weight excluding hydrogens is 500 g/mol. The molecule has 0 aliphatic carbocycles. The van der Waals surface area contributed by atoms with E-state index in [0.717, 1.165) is 22.3 Å². The van der Waals surface area contributed by atoms with Crippen LogP contribution in [0.4, 0.5) is 5.69 Å². The first-order chi connectivity index (χ1) is 15.9. The van der Waals surface area contributed by atoms with Crippen LogP contribution in [0.1, 0.15) is 29.8 Å². The Morgan fingerprint density at radius 2 is 1.73 bits per heavy atom. The first-order valence-electron chi connectivity index (χ1n) is 10.7. The average molecular weight is 527 g/mol. The molecule has 5 nitrogen and oxygen atoms in total. The third-order valence-electron chi connectivity index (χ3n) is 4.61. The number of rotatable bonds is 9. The van der Waals surface area contributed by atoms with Crippen molar-refractivity contribution in [1.29, 1.82) is 0 Å². The molecule has 0 aliphatic heterocycles. The molecule has 3 aromatic carbocycles. The van der Waals surface area contributed by atoms with Crippen LogP contribution in [0, 0.1) is 5.92 Å². The van der Waals surface area contributed by atoms with Crippen molar-refractivity contribution in [1.82, 2.24) is 5.32 Å². The summed E-state index contributed by atoms with van der Waals surface area (Å²) in [6, 6.07) is 22.8. The monoisotopic (exact) mass is 526 g/mol. The number of nitrogens with one attached hydrogen (secondary N) is 2. The van der Waals surface area contributed by atoms with Crippen molar-refractivity contribution in [2.75, 3.05) is 18.5 Å². The number of anilines is 1. The van der Waals surface area contributed by atoms with Crippen LogP contribution in [0.25, 0.3) is 0 Å². The van der Waals surface area contributed by atoms with Gasteiger partial charge >= 0.3 is 0 Å². The number of amides is 1. The third kappa shape index (κ3) is 8.18. The first-order valence-corrected chi connectivity index (χ1v) is 11.9. The lowest BCUT2D eigenvalue weighted by atomic mass is 10.2. The predicted octanol–water partition coefficient (Wildman–Crippen LogP) is 6.23. The number of carbonyl (C=O) groups excluding carboxylic acids is 1. The zero-order valence-electron chi connectivity index (χ0n) is 18.6. The molecule has 0 aliphatic rings. The smallest absolute Gasteiger partial charge is 0.257 e. The van der Waals surface area contributed by atoms with E-state index in [1.165, 1.54) is 5.56 Å². The van der Waals surface area contributed by atoms with E-state index in [1.807, 2.05) is 42.5 Å². The fourth-order valence-corrected chi connectivity index (χ4v) is 3.62. The summed E-state index contributed by atoms with van der Waals surface area (Å²) in [7, 11) is 0. The highest BCUT2D eigenvalue weighted by Crippen LogP contribution is 2.26. The molecule has 2 N–H and O–H groups in total. The minimum atomic E-state index is -0.301. The summed E-state index contributed by atoms with van der Waals surface area (Å²) in [4.78, 5) is 12.5. The topological polar surface area (TPSA) is 59.6 Å². The van der Waals surface area contributed by atoms with Gasteiger partial charge in [0, 0.05) is 17.7 Å². The van der Waals surface area contributed by atoms with Crippen molar-refractivity contribution in [3.8, 4) is 11.5 Å². The number of halogens is 1. The van der Waals surface area contributed by atoms with Gasteiger partial charge < -0.3 is 14.8 Å². The highest BCUT2D eigenvalue weighted by molar-refractivity contribution is 9.10. The lowest BCUT2D eigenvalue weighted by Gasteiger charge is -2.13. The fourth-order valence-electron chi connectivity index (χ4n) is 2.92. The Balaban J connectivity index is 1.46. The Hall–Kier alpha value is -2.90. The van der Waals surface area contributed by atoms with E-state index >= 15 is 0 Å². The van der Waals surface area contributed by atoms with Crippen molar-refractivity contribution < 1.29 is 14.3 Å². The zero-order valence-corrected chi connectivity index (χ0v) is 21.0. The quantitative estimate of drug-likeness (QED) is 0.323. The third-order valence-corrected chi connectivity index (χ3v) is 5.43. The molecule has 0 aromatic heterocycles. The molecule has 1 amide bonds. The molecule has 7 heteroatoms. The predicted molar refractivity (Wildman–Crippen MR) is 140 cm³/mol. The Labute approximate surface area is 208 Å². The highest BCUT2D eigenvalue weighted by Gasteiger charge is 2.11. The molecule has 0 saturated carbocycles. The van der Waals surface area contributed by atoms with Gasteiger partial charge in [0.25, 0.3) is 5.91 Å². The number of thiocarbonyl (C=S) groups is 1. The molecule has 0 bridgehead atoms. The number of carbonyl (C=O) groups is 1. The summed E-state index contributed by atoms with van der Waals surface area (Å²) in [5.41, 5.74) is 2.47. The van der Waals surface area contributed by atoms with Crippen molar-refractivity contribution >= 4 is 44.9 Å². The first kappa shape index (κ1) is 24.7. The lowest BCUT2D eigenvalue weighted by Crippen LogP contribution is -2.34. The Bertz CT molecular complexity index is 1070. The Kier molecular flexibility index (Phi) is 9.27. The summed E-state index contributed by atoms with van der Waals surface area (Å²) in [6.45, 7) is 5.36. The minimum absolute atomic E-state index is 0.217. The van der Waals surface area contributed by atoms with E-state index in [0.29, 0.717) is 30.4 Å². The maximum Gasteiger partial charge on any atom is 0.257 e. The Morgan fingerprint density at radius 1 is 1.00 bits per heavy atom. The van der Waals surface area contributed by atoms with Gasteiger partial charge in [0.15, 0.2) is 5.11 Å². The van der Waals surface area contributed by atoms with Gasteiger partial charge in [-0.25, -0.2) is 0 Å². The molecule has 172 valence electrons. The zero-order chi connectivity index (χ0) is 23.6. The largest absolute Gasteiger partial charge is 0.493 e. The van der Waals surface area contributed by atoms with E-state index < -0.39 is 0 Å². The summed E-state index contributed by atoms with van der Waals surface area (Å²) in [5, 5.41) is 5.93. The SMILES string of the molecule is CC(C)COc1ccc(C(=O)NC(=S)Nc2ccc(OCCc3ccccc3)cc2)cc1Br. The van der Waals surface area contributed by atoms with Crippen molar-refractivity contribution in [3.05, 3.63) is 88.4 Å². The van der Waals surface area contributed by atoms with Gasteiger partial charge in [0.05, 0.1) is 17.7 Å².